The number of fused-ring (bicyclic) bond motifs is 1. The van der Waals surface area contributed by atoms with Crippen LogP contribution in [0.4, 0.5) is 0 Å². The SMILES string of the molecule is COc1ccc(C(=O)NCc2cc3ccc(C)cc3[nH]c2=O)cc1OC. The first kappa shape index (κ1) is 17.5. The first-order chi connectivity index (χ1) is 12.5. The summed E-state index contributed by atoms with van der Waals surface area (Å²) in [4.78, 5) is 27.5. The Morgan fingerprint density at radius 2 is 1.81 bits per heavy atom. The first-order valence-electron chi connectivity index (χ1n) is 8.14. The summed E-state index contributed by atoms with van der Waals surface area (Å²) in [5.74, 6) is 0.721. The summed E-state index contributed by atoms with van der Waals surface area (Å²) in [6.07, 6.45) is 0. The Hall–Kier alpha value is -3.28. The summed E-state index contributed by atoms with van der Waals surface area (Å²) in [5.41, 5.74) is 2.56. The molecule has 6 heteroatoms. The zero-order valence-electron chi connectivity index (χ0n) is 14.9. The average Bonchev–Trinajstić information content (AvgIpc) is 2.65. The number of rotatable bonds is 5. The minimum absolute atomic E-state index is 0.131. The van der Waals surface area contributed by atoms with E-state index in [9.17, 15) is 9.59 Å². The van der Waals surface area contributed by atoms with Crippen molar-refractivity contribution in [3.05, 3.63) is 69.5 Å². The van der Waals surface area contributed by atoms with Gasteiger partial charge in [-0.15, -0.1) is 0 Å². The second-order valence-electron chi connectivity index (χ2n) is 5.97. The zero-order chi connectivity index (χ0) is 18.7. The smallest absolute Gasteiger partial charge is 0.253 e. The highest BCUT2D eigenvalue weighted by atomic mass is 16.5. The number of carbonyl (C=O) groups excluding carboxylic acids is 1. The number of aromatic nitrogens is 1. The molecule has 3 aromatic rings. The van der Waals surface area contributed by atoms with Gasteiger partial charge in [-0.3, -0.25) is 9.59 Å². The maximum absolute atomic E-state index is 12.4. The van der Waals surface area contributed by atoms with E-state index >= 15 is 0 Å². The summed E-state index contributed by atoms with van der Waals surface area (Å²) in [7, 11) is 3.04. The van der Waals surface area contributed by atoms with Crippen LogP contribution >= 0.6 is 0 Å². The number of nitrogens with one attached hydrogen (secondary N) is 2. The molecule has 1 heterocycles. The topological polar surface area (TPSA) is 80.4 Å². The molecule has 2 aromatic carbocycles. The van der Waals surface area contributed by atoms with Crippen molar-refractivity contribution in [1.29, 1.82) is 0 Å². The Bertz CT molecular complexity index is 1020. The summed E-state index contributed by atoms with van der Waals surface area (Å²) < 4.78 is 10.4. The summed E-state index contributed by atoms with van der Waals surface area (Å²) in [6.45, 7) is 2.10. The fourth-order valence-electron chi connectivity index (χ4n) is 2.75. The third kappa shape index (κ3) is 3.54. The zero-order valence-corrected chi connectivity index (χ0v) is 14.9. The molecular formula is C20H20N2O4. The summed E-state index contributed by atoms with van der Waals surface area (Å²) in [5, 5.41) is 3.69. The number of amides is 1. The third-order valence-electron chi connectivity index (χ3n) is 4.16. The van der Waals surface area contributed by atoms with Gasteiger partial charge in [-0.25, -0.2) is 0 Å². The van der Waals surface area contributed by atoms with Gasteiger partial charge in [-0.1, -0.05) is 12.1 Å². The van der Waals surface area contributed by atoms with Crippen molar-refractivity contribution >= 4 is 16.8 Å². The van der Waals surface area contributed by atoms with E-state index in [-0.39, 0.29) is 18.0 Å². The van der Waals surface area contributed by atoms with Crippen LogP contribution in [0.1, 0.15) is 21.5 Å². The van der Waals surface area contributed by atoms with Crippen molar-refractivity contribution < 1.29 is 14.3 Å². The maximum Gasteiger partial charge on any atom is 0.253 e. The van der Waals surface area contributed by atoms with Crippen LogP contribution in [0.5, 0.6) is 11.5 Å². The van der Waals surface area contributed by atoms with Crippen LogP contribution in [0.2, 0.25) is 0 Å². The van der Waals surface area contributed by atoms with Crippen LogP contribution in [0.15, 0.2) is 47.3 Å². The Morgan fingerprint density at radius 3 is 2.54 bits per heavy atom. The Kier molecular flexibility index (Phi) is 4.93. The molecule has 6 nitrogen and oxygen atoms in total. The fraction of sp³-hybridized carbons (Fsp3) is 0.200. The molecule has 0 radical (unpaired) electrons. The number of methoxy groups -OCH3 is 2. The van der Waals surface area contributed by atoms with Gasteiger partial charge < -0.3 is 19.8 Å². The van der Waals surface area contributed by atoms with Gasteiger partial charge in [0.1, 0.15) is 0 Å². The van der Waals surface area contributed by atoms with Gasteiger partial charge in [0.15, 0.2) is 11.5 Å². The number of benzene rings is 2. The van der Waals surface area contributed by atoms with Gasteiger partial charge in [0.05, 0.1) is 14.2 Å². The number of H-pyrrole nitrogens is 1. The molecule has 0 unspecified atom stereocenters. The van der Waals surface area contributed by atoms with Gasteiger partial charge in [0.2, 0.25) is 0 Å². The Morgan fingerprint density at radius 1 is 1.04 bits per heavy atom. The molecule has 0 aliphatic heterocycles. The van der Waals surface area contributed by atoms with Crippen LogP contribution in [-0.4, -0.2) is 25.1 Å². The minimum Gasteiger partial charge on any atom is -0.493 e. The summed E-state index contributed by atoms with van der Waals surface area (Å²) in [6, 6.07) is 12.5. The third-order valence-corrected chi connectivity index (χ3v) is 4.16. The molecule has 3 rings (SSSR count). The second kappa shape index (κ2) is 7.31. The first-order valence-corrected chi connectivity index (χ1v) is 8.14. The molecule has 2 N–H and O–H groups in total. The monoisotopic (exact) mass is 352 g/mol. The van der Waals surface area contributed by atoms with E-state index in [1.807, 2.05) is 25.1 Å². The van der Waals surface area contributed by atoms with Crippen molar-refractivity contribution in [2.45, 2.75) is 13.5 Å². The van der Waals surface area contributed by atoms with Crippen molar-refractivity contribution in [2.75, 3.05) is 14.2 Å². The van der Waals surface area contributed by atoms with E-state index in [0.29, 0.717) is 22.6 Å². The number of hydrogen-bond donors (Lipinski definition) is 2. The van der Waals surface area contributed by atoms with E-state index in [4.69, 9.17) is 9.47 Å². The maximum atomic E-state index is 12.4. The number of aryl methyl sites for hydroxylation is 1. The van der Waals surface area contributed by atoms with Crippen molar-refractivity contribution in [3.8, 4) is 11.5 Å². The Balaban J connectivity index is 1.79. The van der Waals surface area contributed by atoms with Crippen molar-refractivity contribution in [1.82, 2.24) is 10.3 Å². The van der Waals surface area contributed by atoms with E-state index < -0.39 is 0 Å². The van der Waals surface area contributed by atoms with Gasteiger partial charge >= 0.3 is 0 Å². The van der Waals surface area contributed by atoms with Crippen LogP contribution in [0.3, 0.4) is 0 Å². The summed E-state index contributed by atoms with van der Waals surface area (Å²) >= 11 is 0. The van der Waals surface area contributed by atoms with Crippen LogP contribution < -0.4 is 20.3 Å². The lowest BCUT2D eigenvalue weighted by molar-refractivity contribution is 0.0950. The molecule has 1 aromatic heterocycles. The molecule has 0 bridgehead atoms. The van der Waals surface area contributed by atoms with E-state index in [0.717, 1.165) is 16.5 Å². The molecule has 1 amide bonds. The highest BCUT2D eigenvalue weighted by Crippen LogP contribution is 2.27. The molecule has 0 saturated heterocycles. The van der Waals surface area contributed by atoms with Gasteiger partial charge in [0.25, 0.3) is 11.5 Å². The lowest BCUT2D eigenvalue weighted by Gasteiger charge is -2.10. The average molecular weight is 352 g/mol. The predicted molar refractivity (Wildman–Crippen MR) is 100 cm³/mol. The van der Waals surface area contributed by atoms with Crippen LogP contribution in [0.25, 0.3) is 10.9 Å². The molecule has 26 heavy (non-hydrogen) atoms. The largest absolute Gasteiger partial charge is 0.493 e. The second-order valence-corrected chi connectivity index (χ2v) is 5.97. The van der Waals surface area contributed by atoms with Gasteiger partial charge in [-0.2, -0.15) is 0 Å². The molecule has 0 aliphatic carbocycles. The van der Waals surface area contributed by atoms with E-state index in [1.165, 1.54) is 14.2 Å². The number of carbonyl (C=O) groups is 1. The van der Waals surface area contributed by atoms with Crippen LogP contribution in [0, 0.1) is 6.92 Å². The van der Waals surface area contributed by atoms with E-state index in [1.54, 1.807) is 24.3 Å². The van der Waals surface area contributed by atoms with Crippen molar-refractivity contribution in [2.24, 2.45) is 0 Å². The molecule has 0 atom stereocenters. The Labute approximate surface area is 150 Å². The van der Waals surface area contributed by atoms with Crippen LogP contribution in [-0.2, 0) is 6.54 Å². The fourth-order valence-corrected chi connectivity index (χ4v) is 2.75. The van der Waals surface area contributed by atoms with Crippen molar-refractivity contribution in [3.63, 3.8) is 0 Å². The molecule has 0 fully saturated rings. The standard InChI is InChI=1S/C20H20N2O4/c1-12-4-5-13-9-15(20(24)22-16(13)8-12)11-21-19(23)14-6-7-17(25-2)18(10-14)26-3/h4-10H,11H2,1-3H3,(H,21,23)(H,22,24). The number of ether oxygens (including phenoxy) is 2. The molecule has 134 valence electrons. The number of aromatic amines is 1. The lowest BCUT2D eigenvalue weighted by atomic mass is 10.1. The predicted octanol–water partition coefficient (Wildman–Crippen LogP) is 2.78. The molecule has 0 saturated carbocycles. The molecule has 0 spiro atoms. The molecular weight excluding hydrogens is 332 g/mol. The quantitative estimate of drug-likeness (QED) is 0.740. The van der Waals surface area contributed by atoms with Gasteiger partial charge in [0, 0.05) is 23.2 Å². The van der Waals surface area contributed by atoms with E-state index in [2.05, 4.69) is 10.3 Å². The van der Waals surface area contributed by atoms with Gasteiger partial charge in [-0.05, 0) is 48.2 Å². The lowest BCUT2D eigenvalue weighted by Crippen LogP contribution is -2.26. The minimum atomic E-state index is -0.297. The highest BCUT2D eigenvalue weighted by Gasteiger charge is 2.11. The number of pyridine rings is 1. The number of hydrogen-bond acceptors (Lipinski definition) is 4. The highest BCUT2D eigenvalue weighted by molar-refractivity contribution is 5.94. The molecule has 0 aliphatic rings. The normalized spacial score (nSPS) is 10.6.